The second kappa shape index (κ2) is 8.40. The largest absolute Gasteiger partial charge is 0.383 e. The van der Waals surface area contributed by atoms with Gasteiger partial charge in [-0.1, -0.05) is 18.2 Å². The minimum Gasteiger partial charge on any atom is -0.383 e. The number of nitrogens with zero attached hydrogens (tertiary/aromatic N) is 6. The number of pyridine rings is 1. The number of methoxy groups -OCH3 is 1. The molecule has 0 bridgehead atoms. The highest BCUT2D eigenvalue weighted by atomic mass is 16.5. The van der Waals surface area contributed by atoms with Crippen molar-refractivity contribution in [3.05, 3.63) is 51.6 Å². The number of tetrazole rings is 1. The molecule has 1 fully saturated rings. The Morgan fingerprint density at radius 3 is 2.79 bits per heavy atom. The van der Waals surface area contributed by atoms with Crippen LogP contribution in [0, 0.1) is 6.92 Å². The lowest BCUT2D eigenvalue weighted by atomic mass is 10.0. The van der Waals surface area contributed by atoms with Crippen LogP contribution < -0.4 is 5.56 Å². The van der Waals surface area contributed by atoms with E-state index in [1.54, 1.807) is 11.8 Å². The van der Waals surface area contributed by atoms with Gasteiger partial charge in [-0.3, -0.25) is 9.69 Å². The summed E-state index contributed by atoms with van der Waals surface area (Å²) < 4.78 is 6.95. The number of fused-ring (bicyclic) bond motifs is 1. The number of likely N-dealkylation sites (N-methyl/N-ethyl adjacent to an activating group) is 1. The lowest BCUT2D eigenvalue weighted by Crippen LogP contribution is -2.47. The Bertz CT molecular complexity index is 1040. The van der Waals surface area contributed by atoms with Crippen molar-refractivity contribution in [2.24, 2.45) is 0 Å². The molecule has 4 rings (SSSR count). The molecule has 1 aliphatic rings. The Balaban J connectivity index is 1.83. The standard InChI is InChI=1S/C20H27N7O2/c1-14-5-4-6-15-13-16(20(28)21-17(14)15)18(26-9-7-25(2)8-10-26)19-22-23-24-27(19)11-12-29-3/h4-6,13,18H,7-12H2,1-3H3,(H,21,28)/t18-/m1/s1. The average molecular weight is 397 g/mol. The fraction of sp³-hybridized carbons (Fsp3) is 0.500. The van der Waals surface area contributed by atoms with E-state index in [9.17, 15) is 4.79 Å². The van der Waals surface area contributed by atoms with E-state index in [1.807, 2.05) is 31.2 Å². The van der Waals surface area contributed by atoms with Gasteiger partial charge in [0, 0.05) is 38.9 Å². The third-order valence-electron chi connectivity index (χ3n) is 5.63. The van der Waals surface area contributed by atoms with Crippen molar-refractivity contribution >= 4 is 10.9 Å². The summed E-state index contributed by atoms with van der Waals surface area (Å²) in [5.41, 5.74) is 2.49. The molecule has 1 aromatic carbocycles. The van der Waals surface area contributed by atoms with Crippen LogP contribution >= 0.6 is 0 Å². The summed E-state index contributed by atoms with van der Waals surface area (Å²) >= 11 is 0. The van der Waals surface area contributed by atoms with Crippen molar-refractivity contribution < 1.29 is 4.74 Å². The number of ether oxygens (including phenoxy) is 1. The zero-order valence-electron chi connectivity index (χ0n) is 17.1. The van der Waals surface area contributed by atoms with E-state index in [0.717, 1.165) is 42.6 Å². The van der Waals surface area contributed by atoms with Gasteiger partial charge in [-0.05, 0) is 41.4 Å². The molecule has 0 spiro atoms. The summed E-state index contributed by atoms with van der Waals surface area (Å²) in [7, 11) is 3.76. The Hall–Kier alpha value is -2.62. The number of H-pyrrole nitrogens is 1. The molecule has 3 heterocycles. The first-order chi connectivity index (χ1) is 14.1. The Kier molecular flexibility index (Phi) is 5.70. The van der Waals surface area contributed by atoms with Gasteiger partial charge >= 0.3 is 0 Å². The van der Waals surface area contributed by atoms with Crippen molar-refractivity contribution in [1.82, 2.24) is 35.0 Å². The van der Waals surface area contributed by atoms with Crippen molar-refractivity contribution in [3.63, 3.8) is 0 Å². The van der Waals surface area contributed by atoms with Crippen LogP contribution in [0.5, 0.6) is 0 Å². The van der Waals surface area contributed by atoms with Crippen LogP contribution in [0.3, 0.4) is 0 Å². The third-order valence-corrected chi connectivity index (χ3v) is 5.63. The molecule has 0 saturated carbocycles. The molecule has 0 amide bonds. The Labute approximate surface area is 169 Å². The molecular weight excluding hydrogens is 370 g/mol. The number of rotatable bonds is 6. The lowest BCUT2D eigenvalue weighted by Gasteiger charge is -2.37. The van der Waals surface area contributed by atoms with Gasteiger partial charge in [-0.15, -0.1) is 5.10 Å². The van der Waals surface area contributed by atoms with E-state index in [2.05, 4.69) is 37.4 Å². The molecular formula is C20H27N7O2. The number of aryl methyl sites for hydroxylation is 1. The molecule has 1 N–H and O–H groups in total. The number of hydrogen-bond donors (Lipinski definition) is 1. The summed E-state index contributed by atoms with van der Waals surface area (Å²) in [6, 6.07) is 7.70. The zero-order chi connectivity index (χ0) is 20.4. The van der Waals surface area contributed by atoms with Crippen LogP contribution in [0.2, 0.25) is 0 Å². The number of benzene rings is 1. The molecule has 2 aromatic heterocycles. The number of hydrogen-bond acceptors (Lipinski definition) is 7. The van der Waals surface area contributed by atoms with Gasteiger partial charge in [0.2, 0.25) is 0 Å². The van der Waals surface area contributed by atoms with Gasteiger partial charge in [-0.2, -0.15) is 0 Å². The van der Waals surface area contributed by atoms with E-state index in [1.165, 1.54) is 0 Å². The van der Waals surface area contributed by atoms with Crippen LogP contribution in [0.1, 0.15) is 23.0 Å². The van der Waals surface area contributed by atoms with Gasteiger partial charge < -0.3 is 14.6 Å². The first-order valence-corrected chi connectivity index (χ1v) is 9.88. The highest BCUT2D eigenvalue weighted by molar-refractivity contribution is 5.82. The van der Waals surface area contributed by atoms with Gasteiger partial charge in [0.1, 0.15) is 6.04 Å². The van der Waals surface area contributed by atoms with E-state index < -0.39 is 0 Å². The molecule has 1 aliphatic heterocycles. The second-order valence-corrected chi connectivity index (χ2v) is 7.59. The quantitative estimate of drug-likeness (QED) is 0.658. The Morgan fingerprint density at radius 2 is 2.03 bits per heavy atom. The number of nitrogens with one attached hydrogen (secondary N) is 1. The first kappa shape index (κ1) is 19.7. The molecule has 29 heavy (non-hydrogen) atoms. The van der Waals surface area contributed by atoms with Gasteiger partial charge in [0.05, 0.1) is 18.7 Å². The highest BCUT2D eigenvalue weighted by Gasteiger charge is 2.32. The number of aromatic nitrogens is 5. The van der Waals surface area contributed by atoms with Gasteiger partial charge in [-0.25, -0.2) is 4.68 Å². The van der Waals surface area contributed by atoms with Crippen molar-refractivity contribution in [2.75, 3.05) is 46.9 Å². The van der Waals surface area contributed by atoms with E-state index >= 15 is 0 Å². The molecule has 3 aromatic rings. The minimum absolute atomic E-state index is 0.1000. The first-order valence-electron chi connectivity index (χ1n) is 9.88. The molecule has 0 radical (unpaired) electrons. The maximum Gasteiger partial charge on any atom is 0.253 e. The second-order valence-electron chi connectivity index (χ2n) is 7.59. The highest BCUT2D eigenvalue weighted by Crippen LogP contribution is 2.28. The molecule has 0 aliphatic carbocycles. The smallest absolute Gasteiger partial charge is 0.253 e. The Morgan fingerprint density at radius 1 is 1.24 bits per heavy atom. The van der Waals surface area contributed by atoms with E-state index in [4.69, 9.17) is 4.74 Å². The van der Waals surface area contributed by atoms with Gasteiger partial charge in [0.15, 0.2) is 5.82 Å². The third kappa shape index (κ3) is 3.93. The molecule has 0 unspecified atom stereocenters. The fourth-order valence-corrected chi connectivity index (χ4v) is 3.93. The van der Waals surface area contributed by atoms with Crippen molar-refractivity contribution in [3.8, 4) is 0 Å². The van der Waals surface area contributed by atoms with Gasteiger partial charge in [0.25, 0.3) is 5.56 Å². The van der Waals surface area contributed by atoms with Crippen LogP contribution in [-0.2, 0) is 11.3 Å². The number of piperazine rings is 1. The lowest BCUT2D eigenvalue weighted by molar-refractivity contribution is 0.119. The SMILES string of the molecule is COCCn1nnnc1[C@@H](c1cc2cccc(C)c2[nH]c1=O)N1CCN(C)CC1. The normalized spacial score (nSPS) is 17.1. The topological polar surface area (TPSA) is 92.2 Å². The average Bonchev–Trinajstić information content (AvgIpc) is 3.17. The summed E-state index contributed by atoms with van der Waals surface area (Å²) in [6.45, 7) is 6.57. The molecule has 9 nitrogen and oxygen atoms in total. The minimum atomic E-state index is -0.316. The van der Waals surface area contributed by atoms with Crippen LogP contribution in [-0.4, -0.2) is 81.9 Å². The monoisotopic (exact) mass is 397 g/mol. The summed E-state index contributed by atoms with van der Waals surface area (Å²) in [4.78, 5) is 20.8. The maximum absolute atomic E-state index is 13.2. The van der Waals surface area contributed by atoms with Crippen LogP contribution in [0.15, 0.2) is 29.1 Å². The van der Waals surface area contributed by atoms with Crippen molar-refractivity contribution in [1.29, 1.82) is 0 Å². The molecule has 1 saturated heterocycles. The summed E-state index contributed by atoms with van der Waals surface area (Å²) in [5, 5.41) is 13.4. The van der Waals surface area contributed by atoms with E-state index in [-0.39, 0.29) is 11.6 Å². The van der Waals surface area contributed by atoms with Crippen LogP contribution in [0.4, 0.5) is 0 Å². The number of aromatic amines is 1. The van der Waals surface area contributed by atoms with Crippen molar-refractivity contribution in [2.45, 2.75) is 19.5 Å². The summed E-state index contributed by atoms with van der Waals surface area (Å²) in [5.74, 6) is 0.670. The summed E-state index contributed by atoms with van der Waals surface area (Å²) in [6.07, 6.45) is 0. The van der Waals surface area contributed by atoms with Crippen LogP contribution in [0.25, 0.3) is 10.9 Å². The predicted octanol–water partition coefficient (Wildman–Crippen LogP) is 0.806. The number of para-hydroxylation sites is 1. The maximum atomic E-state index is 13.2. The predicted molar refractivity (Wildman–Crippen MR) is 110 cm³/mol. The molecule has 1 atom stereocenters. The molecule has 154 valence electrons. The molecule has 9 heteroatoms. The fourth-order valence-electron chi connectivity index (χ4n) is 3.93. The van der Waals surface area contributed by atoms with E-state index in [0.29, 0.717) is 24.5 Å². The zero-order valence-corrected chi connectivity index (χ0v) is 17.1.